The zero-order valence-corrected chi connectivity index (χ0v) is 18.0. The number of hydrogen-bond donors (Lipinski definition) is 3. The number of aliphatic hydroxyl groups is 1. The molecule has 0 aromatic heterocycles. The Labute approximate surface area is 163 Å². The lowest BCUT2D eigenvalue weighted by Gasteiger charge is -2.19. The van der Waals surface area contributed by atoms with Crippen molar-refractivity contribution in [3.8, 4) is 0 Å². The van der Waals surface area contributed by atoms with E-state index in [0.29, 0.717) is 6.42 Å². The molecule has 0 fully saturated rings. The molecule has 0 aromatic carbocycles. The Hall–Kier alpha value is -0.610. The van der Waals surface area contributed by atoms with Crippen molar-refractivity contribution >= 4 is 5.91 Å². The van der Waals surface area contributed by atoms with Gasteiger partial charge in [-0.25, -0.2) is 0 Å². The topological polar surface area (TPSA) is 53.8 Å². The van der Waals surface area contributed by atoms with E-state index in [1.807, 2.05) is 0 Å². The summed E-state index contributed by atoms with van der Waals surface area (Å²) >= 11 is 0. The summed E-state index contributed by atoms with van der Waals surface area (Å²) in [6.45, 7) is 11.2. The molecule has 26 heavy (non-hydrogen) atoms. The van der Waals surface area contributed by atoms with Gasteiger partial charge in [0.15, 0.2) is 0 Å². The van der Waals surface area contributed by atoms with Gasteiger partial charge in [0.05, 0.1) is 25.7 Å². The summed E-state index contributed by atoms with van der Waals surface area (Å²) in [7, 11) is 0. The lowest BCUT2D eigenvalue weighted by molar-refractivity contribution is -0.900. The number of quaternary nitrogens is 1. The minimum Gasteiger partial charge on any atom is -0.393 e. The second-order valence-corrected chi connectivity index (χ2v) is 7.81. The van der Waals surface area contributed by atoms with Crippen LogP contribution in [0.1, 0.15) is 104 Å². The predicted molar refractivity (Wildman–Crippen MR) is 112 cm³/mol. The van der Waals surface area contributed by atoms with Crippen molar-refractivity contribution in [2.24, 2.45) is 0 Å². The molecule has 4 nitrogen and oxygen atoms in total. The molecule has 0 saturated heterocycles. The van der Waals surface area contributed by atoms with Crippen LogP contribution in [0.5, 0.6) is 0 Å². The van der Waals surface area contributed by atoms with Gasteiger partial charge in [-0.2, -0.15) is 0 Å². The maximum absolute atomic E-state index is 11.9. The molecule has 0 aliphatic carbocycles. The number of carbonyl (C=O) groups excluding carboxylic acids is 1. The van der Waals surface area contributed by atoms with Crippen LogP contribution in [0.4, 0.5) is 0 Å². The Balaban J connectivity index is 3.64. The summed E-state index contributed by atoms with van der Waals surface area (Å²) < 4.78 is 0. The van der Waals surface area contributed by atoms with E-state index < -0.39 is 0 Å². The average Bonchev–Trinajstić information content (AvgIpc) is 2.63. The molecule has 3 N–H and O–H groups in total. The van der Waals surface area contributed by atoms with Gasteiger partial charge in [0.25, 0.3) is 0 Å². The minimum atomic E-state index is -0.228. The van der Waals surface area contributed by atoms with Crippen LogP contribution in [0.25, 0.3) is 0 Å². The molecule has 156 valence electrons. The Morgan fingerprint density at radius 1 is 0.808 bits per heavy atom. The SMILES string of the molecule is CCCCCCC(O)CCCC(=O)NCCC[NH+](CCCC)CCCC. The number of hydrogen-bond acceptors (Lipinski definition) is 2. The molecule has 0 rings (SSSR count). The van der Waals surface area contributed by atoms with Crippen molar-refractivity contribution in [3.63, 3.8) is 0 Å². The van der Waals surface area contributed by atoms with E-state index in [2.05, 4.69) is 26.1 Å². The Morgan fingerprint density at radius 2 is 1.38 bits per heavy atom. The fraction of sp³-hybridized carbons (Fsp3) is 0.955. The van der Waals surface area contributed by atoms with Crippen LogP contribution in [-0.4, -0.2) is 43.3 Å². The lowest BCUT2D eigenvalue weighted by Crippen LogP contribution is -3.12. The first kappa shape index (κ1) is 25.4. The van der Waals surface area contributed by atoms with E-state index in [4.69, 9.17) is 0 Å². The zero-order valence-electron chi connectivity index (χ0n) is 18.0. The first-order chi connectivity index (χ1) is 12.6. The molecule has 0 saturated carbocycles. The van der Waals surface area contributed by atoms with Crippen molar-refractivity contribution in [1.82, 2.24) is 5.32 Å². The van der Waals surface area contributed by atoms with Gasteiger partial charge < -0.3 is 15.3 Å². The number of aliphatic hydroxyl groups excluding tert-OH is 1. The van der Waals surface area contributed by atoms with Crippen LogP contribution in [0.2, 0.25) is 0 Å². The maximum Gasteiger partial charge on any atom is 0.219 e. The number of nitrogens with one attached hydrogen (secondary N) is 2. The van der Waals surface area contributed by atoms with E-state index in [-0.39, 0.29) is 12.0 Å². The normalized spacial score (nSPS) is 12.5. The highest BCUT2D eigenvalue weighted by molar-refractivity contribution is 5.75. The predicted octanol–water partition coefficient (Wildman–Crippen LogP) is 3.48. The van der Waals surface area contributed by atoms with Crippen LogP contribution in [0.3, 0.4) is 0 Å². The molecule has 4 heteroatoms. The van der Waals surface area contributed by atoms with Crippen molar-refractivity contribution in [2.45, 2.75) is 110 Å². The quantitative estimate of drug-likeness (QED) is 0.305. The van der Waals surface area contributed by atoms with E-state index in [1.165, 1.54) is 58.0 Å². The third kappa shape index (κ3) is 16.8. The number of unbranched alkanes of at least 4 members (excludes halogenated alkanes) is 5. The molecule has 1 atom stereocenters. The van der Waals surface area contributed by atoms with Gasteiger partial charge in [0, 0.05) is 19.4 Å². The van der Waals surface area contributed by atoms with Crippen LogP contribution in [0, 0.1) is 0 Å². The third-order valence-electron chi connectivity index (χ3n) is 5.13. The fourth-order valence-electron chi connectivity index (χ4n) is 3.33. The Bertz CT molecular complexity index is 303. The van der Waals surface area contributed by atoms with E-state index in [9.17, 15) is 9.90 Å². The van der Waals surface area contributed by atoms with Crippen molar-refractivity contribution < 1.29 is 14.8 Å². The summed E-state index contributed by atoms with van der Waals surface area (Å²) in [5.41, 5.74) is 0. The summed E-state index contributed by atoms with van der Waals surface area (Å²) in [5, 5.41) is 13.0. The highest BCUT2D eigenvalue weighted by atomic mass is 16.3. The summed E-state index contributed by atoms with van der Waals surface area (Å²) in [6, 6.07) is 0. The largest absolute Gasteiger partial charge is 0.393 e. The van der Waals surface area contributed by atoms with Gasteiger partial charge in [-0.1, -0.05) is 59.3 Å². The fourth-order valence-corrected chi connectivity index (χ4v) is 3.33. The van der Waals surface area contributed by atoms with E-state index >= 15 is 0 Å². The molecule has 0 bridgehead atoms. The lowest BCUT2D eigenvalue weighted by atomic mass is 10.0. The summed E-state index contributed by atoms with van der Waals surface area (Å²) in [4.78, 5) is 13.6. The number of carbonyl (C=O) groups is 1. The van der Waals surface area contributed by atoms with Crippen LogP contribution in [-0.2, 0) is 4.79 Å². The van der Waals surface area contributed by atoms with Gasteiger partial charge in [-0.05, 0) is 32.1 Å². The smallest absolute Gasteiger partial charge is 0.219 e. The molecule has 0 aliphatic rings. The van der Waals surface area contributed by atoms with Gasteiger partial charge >= 0.3 is 0 Å². The average molecular weight is 372 g/mol. The molecular weight excluding hydrogens is 324 g/mol. The molecule has 0 heterocycles. The summed E-state index contributed by atoms with van der Waals surface area (Å²) in [5.74, 6) is 0.145. The van der Waals surface area contributed by atoms with Crippen molar-refractivity contribution in [1.29, 1.82) is 0 Å². The number of rotatable bonds is 19. The van der Waals surface area contributed by atoms with Crippen molar-refractivity contribution in [3.05, 3.63) is 0 Å². The molecule has 0 aromatic rings. The first-order valence-corrected chi connectivity index (χ1v) is 11.4. The third-order valence-corrected chi connectivity index (χ3v) is 5.13. The van der Waals surface area contributed by atoms with Gasteiger partial charge in [0.2, 0.25) is 5.91 Å². The van der Waals surface area contributed by atoms with E-state index in [1.54, 1.807) is 4.90 Å². The Kier molecular flexibility index (Phi) is 18.7. The summed E-state index contributed by atoms with van der Waals surface area (Å²) in [6.07, 6.45) is 13.7. The first-order valence-electron chi connectivity index (χ1n) is 11.4. The standard InChI is InChI=1S/C22H46N2O2/c1-4-7-10-11-14-21(25)15-12-16-22(26)23-17-13-20-24(18-8-5-2)19-9-6-3/h21,25H,4-20H2,1-3H3,(H,23,26)/p+1. The maximum atomic E-state index is 11.9. The minimum absolute atomic E-state index is 0.145. The van der Waals surface area contributed by atoms with Gasteiger partial charge in [-0.15, -0.1) is 0 Å². The van der Waals surface area contributed by atoms with Crippen LogP contribution >= 0.6 is 0 Å². The highest BCUT2D eigenvalue weighted by Crippen LogP contribution is 2.10. The van der Waals surface area contributed by atoms with E-state index in [0.717, 1.165) is 45.2 Å². The zero-order chi connectivity index (χ0) is 19.5. The molecule has 1 amide bonds. The molecular formula is C22H47N2O2+. The van der Waals surface area contributed by atoms with Crippen molar-refractivity contribution in [2.75, 3.05) is 26.2 Å². The monoisotopic (exact) mass is 371 g/mol. The van der Waals surface area contributed by atoms with Gasteiger partial charge in [-0.3, -0.25) is 4.79 Å². The molecule has 1 unspecified atom stereocenters. The molecule has 0 radical (unpaired) electrons. The van der Waals surface area contributed by atoms with Crippen LogP contribution < -0.4 is 10.2 Å². The second-order valence-electron chi connectivity index (χ2n) is 7.81. The van der Waals surface area contributed by atoms with Crippen LogP contribution in [0.15, 0.2) is 0 Å². The second kappa shape index (κ2) is 19.2. The Morgan fingerprint density at radius 3 is 2.00 bits per heavy atom. The van der Waals surface area contributed by atoms with Gasteiger partial charge in [0.1, 0.15) is 0 Å². The molecule has 0 aliphatic heterocycles. The molecule has 0 spiro atoms. The highest BCUT2D eigenvalue weighted by Gasteiger charge is 2.09. The number of amides is 1.